The molecule has 0 saturated carbocycles. The van der Waals surface area contributed by atoms with E-state index in [9.17, 15) is 9.59 Å². The Kier molecular flexibility index (Phi) is 2.72. The fourth-order valence-electron chi connectivity index (χ4n) is 2.56. The normalized spacial score (nSPS) is 28.5. The van der Waals surface area contributed by atoms with Gasteiger partial charge in [0.15, 0.2) is 0 Å². The predicted octanol–water partition coefficient (Wildman–Crippen LogP) is 1.51. The molecule has 2 heterocycles. The number of carbonyl (C=O) groups is 2. The molecule has 3 rings (SSSR count). The van der Waals surface area contributed by atoms with Crippen LogP contribution in [0.15, 0.2) is 0 Å². The molecule has 1 aromatic heterocycles. The smallest absolute Gasteiger partial charge is 0.476 e. The molecule has 0 bridgehead atoms. The maximum absolute atomic E-state index is 10.9. The van der Waals surface area contributed by atoms with Crippen LogP contribution in [0, 0.1) is 0 Å². The Morgan fingerprint density at radius 2 is 2.21 bits per heavy atom. The van der Waals surface area contributed by atoms with Crippen molar-refractivity contribution in [1.29, 1.82) is 0 Å². The van der Waals surface area contributed by atoms with Crippen LogP contribution in [0.3, 0.4) is 0 Å². The summed E-state index contributed by atoms with van der Waals surface area (Å²) in [6, 6.07) is 0. The van der Waals surface area contributed by atoms with Gasteiger partial charge in [0.25, 0.3) is 0 Å². The first-order valence-electron chi connectivity index (χ1n) is 5.77. The number of hydrogen-bond acceptors (Lipinski definition) is 6. The molecular formula is C11H11NO6S. The molecule has 2 atom stereocenters. The third kappa shape index (κ3) is 2.17. The lowest BCUT2D eigenvalue weighted by molar-refractivity contribution is -0.294. The van der Waals surface area contributed by atoms with Gasteiger partial charge in [-0.3, -0.25) is 0 Å². The Morgan fingerprint density at radius 1 is 1.47 bits per heavy atom. The summed E-state index contributed by atoms with van der Waals surface area (Å²) < 4.78 is 10.1. The van der Waals surface area contributed by atoms with Crippen LogP contribution in [0.4, 0.5) is 4.79 Å². The number of hydrogen-bond donors (Lipinski definition) is 2. The third-order valence-corrected chi connectivity index (χ3v) is 4.50. The lowest BCUT2D eigenvalue weighted by atomic mass is 9.80. The molecule has 8 heteroatoms. The van der Waals surface area contributed by atoms with E-state index in [2.05, 4.69) is 9.72 Å². The highest BCUT2D eigenvalue weighted by Gasteiger charge is 2.50. The van der Waals surface area contributed by atoms with Gasteiger partial charge in [-0.15, -0.1) is 11.3 Å². The van der Waals surface area contributed by atoms with Crippen LogP contribution < -0.4 is 0 Å². The van der Waals surface area contributed by atoms with Crippen molar-refractivity contribution in [2.24, 2.45) is 0 Å². The number of carboxylic acids is 1. The summed E-state index contributed by atoms with van der Waals surface area (Å²) in [5.74, 6) is -1.02. The van der Waals surface area contributed by atoms with E-state index < -0.39 is 24.0 Å². The molecule has 1 spiro atoms. The number of rotatable bonds is 2. The van der Waals surface area contributed by atoms with Crippen molar-refractivity contribution < 1.29 is 29.3 Å². The average Bonchev–Trinajstić information content (AvgIpc) is 2.69. The lowest BCUT2D eigenvalue weighted by Crippen LogP contribution is -2.55. The number of aromatic carboxylic acids is 1. The fraction of sp³-hybridized carbons (Fsp3) is 0.545. The predicted molar refractivity (Wildman–Crippen MR) is 62.4 cm³/mol. The van der Waals surface area contributed by atoms with E-state index in [1.165, 1.54) is 0 Å². The second-order valence-corrected chi connectivity index (χ2v) is 5.77. The van der Waals surface area contributed by atoms with Crippen LogP contribution in [-0.2, 0) is 22.3 Å². The number of carboxylic acid groups (broad SMARTS) is 2. The zero-order chi connectivity index (χ0) is 13.6. The summed E-state index contributed by atoms with van der Waals surface area (Å²) in [6.07, 6.45) is 0.403. The summed E-state index contributed by atoms with van der Waals surface area (Å²) in [7, 11) is 0. The van der Waals surface area contributed by atoms with E-state index in [1.807, 2.05) is 0 Å². The van der Waals surface area contributed by atoms with E-state index in [1.54, 1.807) is 0 Å². The van der Waals surface area contributed by atoms with Gasteiger partial charge in [-0.25, -0.2) is 14.6 Å². The second kappa shape index (κ2) is 4.17. The van der Waals surface area contributed by atoms with E-state index in [0.29, 0.717) is 25.7 Å². The Bertz CT molecular complexity index is 547. The Morgan fingerprint density at radius 3 is 2.84 bits per heavy atom. The van der Waals surface area contributed by atoms with Crippen molar-refractivity contribution in [1.82, 2.24) is 4.98 Å². The molecular weight excluding hydrogens is 274 g/mol. The molecule has 2 N–H and O–H groups in total. The fourth-order valence-corrected chi connectivity index (χ4v) is 3.64. The highest BCUT2D eigenvalue weighted by molar-refractivity contribution is 7.13. The molecule has 1 saturated heterocycles. The Balaban J connectivity index is 1.70. The molecule has 7 nitrogen and oxygen atoms in total. The molecule has 1 aliphatic heterocycles. The van der Waals surface area contributed by atoms with Gasteiger partial charge < -0.3 is 19.7 Å². The minimum atomic E-state index is -1.35. The first-order chi connectivity index (χ1) is 8.97. The van der Waals surface area contributed by atoms with Crippen molar-refractivity contribution in [2.75, 3.05) is 0 Å². The number of nitrogens with zero attached hydrogens (tertiary/aromatic N) is 1. The average molecular weight is 285 g/mol. The van der Waals surface area contributed by atoms with E-state index in [0.717, 1.165) is 21.9 Å². The monoisotopic (exact) mass is 285 g/mol. The minimum absolute atomic E-state index is 0.0970. The van der Waals surface area contributed by atoms with Crippen molar-refractivity contribution in [3.63, 3.8) is 0 Å². The van der Waals surface area contributed by atoms with Crippen LogP contribution in [0.25, 0.3) is 0 Å². The molecule has 102 valence electrons. The van der Waals surface area contributed by atoms with Crippen molar-refractivity contribution in [3.8, 4) is 0 Å². The largest absolute Gasteiger partial charge is 0.508 e. The Labute approximate surface area is 111 Å². The summed E-state index contributed by atoms with van der Waals surface area (Å²) >= 11 is 1.16. The van der Waals surface area contributed by atoms with E-state index >= 15 is 0 Å². The second-order valence-electron chi connectivity index (χ2n) is 4.69. The lowest BCUT2D eigenvalue weighted by Gasteiger charge is -2.48. The van der Waals surface area contributed by atoms with Gasteiger partial charge in [0.2, 0.25) is 11.3 Å². The van der Waals surface area contributed by atoms with Gasteiger partial charge in [0, 0.05) is 17.7 Å². The summed E-state index contributed by atoms with van der Waals surface area (Å²) in [4.78, 5) is 26.2. The molecule has 19 heavy (non-hydrogen) atoms. The molecule has 0 aromatic carbocycles. The zero-order valence-electron chi connectivity index (χ0n) is 9.79. The first kappa shape index (κ1) is 12.4. The molecule has 1 fully saturated rings. The number of fused-ring (bicyclic) bond motifs is 1. The number of thiazole rings is 1. The van der Waals surface area contributed by atoms with Crippen molar-refractivity contribution >= 4 is 23.5 Å². The summed E-state index contributed by atoms with van der Waals surface area (Å²) in [5, 5.41) is 17.5. The molecule has 1 aromatic rings. The first-order valence-corrected chi connectivity index (χ1v) is 6.58. The Hall–Kier alpha value is -1.67. The van der Waals surface area contributed by atoms with Crippen LogP contribution in [-0.4, -0.2) is 39.2 Å². The molecule has 0 amide bonds. The van der Waals surface area contributed by atoms with E-state index in [4.69, 9.17) is 14.9 Å². The van der Waals surface area contributed by atoms with Crippen LogP contribution >= 0.6 is 11.3 Å². The SMILES string of the molecule is O=C(O)OC1CC2(CCc3nc(C(=O)O)sc3C2)O1. The van der Waals surface area contributed by atoms with Crippen molar-refractivity contribution in [3.05, 3.63) is 15.6 Å². The zero-order valence-corrected chi connectivity index (χ0v) is 10.6. The van der Waals surface area contributed by atoms with Gasteiger partial charge >= 0.3 is 12.1 Å². The maximum Gasteiger partial charge on any atom is 0.508 e. The summed E-state index contributed by atoms with van der Waals surface area (Å²) in [6.45, 7) is 0. The molecule has 2 unspecified atom stereocenters. The highest BCUT2D eigenvalue weighted by atomic mass is 32.1. The molecule has 2 aliphatic rings. The third-order valence-electron chi connectivity index (χ3n) is 3.41. The van der Waals surface area contributed by atoms with Gasteiger partial charge in [-0.1, -0.05) is 0 Å². The topological polar surface area (TPSA) is 106 Å². The maximum atomic E-state index is 10.9. The van der Waals surface area contributed by atoms with Crippen LogP contribution in [0.2, 0.25) is 0 Å². The molecule has 1 aliphatic carbocycles. The van der Waals surface area contributed by atoms with Gasteiger partial charge in [0.05, 0.1) is 11.3 Å². The summed E-state index contributed by atoms with van der Waals surface area (Å²) in [5.41, 5.74) is 0.411. The van der Waals surface area contributed by atoms with Crippen LogP contribution in [0.5, 0.6) is 0 Å². The minimum Gasteiger partial charge on any atom is -0.476 e. The van der Waals surface area contributed by atoms with Gasteiger partial charge in [-0.2, -0.15) is 0 Å². The van der Waals surface area contributed by atoms with E-state index in [-0.39, 0.29) is 5.01 Å². The number of aryl methyl sites for hydroxylation is 1. The number of aromatic nitrogens is 1. The molecule has 0 radical (unpaired) electrons. The highest BCUT2D eigenvalue weighted by Crippen LogP contribution is 2.44. The number of ether oxygens (including phenoxy) is 2. The van der Waals surface area contributed by atoms with Crippen molar-refractivity contribution in [2.45, 2.75) is 37.6 Å². The van der Waals surface area contributed by atoms with Crippen LogP contribution in [0.1, 0.15) is 33.2 Å². The quantitative estimate of drug-likeness (QED) is 0.793. The standard InChI is InChI=1S/C11H11NO6S/c13-9(14)8-12-5-1-2-11(3-6(5)19-8)4-7(18-11)17-10(15)16/h7H,1-4H2,(H,13,14)(H,15,16). The van der Waals surface area contributed by atoms with Gasteiger partial charge in [0.1, 0.15) is 0 Å². The van der Waals surface area contributed by atoms with Gasteiger partial charge in [-0.05, 0) is 12.8 Å².